The van der Waals surface area contributed by atoms with Crippen molar-refractivity contribution < 1.29 is 4.39 Å². The summed E-state index contributed by atoms with van der Waals surface area (Å²) in [6.07, 6.45) is 1.66. The van der Waals surface area contributed by atoms with Gasteiger partial charge in [0.15, 0.2) is 5.82 Å². The Kier molecular flexibility index (Phi) is 3.42. The van der Waals surface area contributed by atoms with Gasteiger partial charge >= 0.3 is 0 Å². The van der Waals surface area contributed by atoms with E-state index in [0.29, 0.717) is 11.3 Å². The van der Waals surface area contributed by atoms with Crippen molar-refractivity contribution in [2.75, 3.05) is 13.1 Å². The Labute approximate surface area is 138 Å². The normalized spacial score (nSPS) is 16.2. The Morgan fingerprint density at radius 3 is 2.78 bits per heavy atom. The van der Waals surface area contributed by atoms with Gasteiger partial charge in [-0.05, 0) is 42.5 Å². The number of hydrogen-bond donors (Lipinski definition) is 1. The first-order valence-electron chi connectivity index (χ1n) is 7.62. The highest BCUT2D eigenvalue weighted by molar-refractivity contribution is 7.97. The number of aromatic amines is 1. The van der Waals surface area contributed by atoms with Gasteiger partial charge in [-0.2, -0.15) is 5.10 Å². The molecule has 2 aromatic heterocycles. The molecule has 0 spiro atoms. The molecule has 0 radical (unpaired) electrons. The zero-order valence-corrected chi connectivity index (χ0v) is 14.1. The van der Waals surface area contributed by atoms with Crippen LogP contribution in [-0.4, -0.2) is 37.1 Å². The van der Waals surface area contributed by atoms with E-state index in [2.05, 4.69) is 26.3 Å². The molecular weight excluding hydrogens is 313 g/mol. The predicted molar refractivity (Wildman–Crippen MR) is 89.6 cm³/mol. The molecule has 1 aliphatic heterocycles. The number of halogens is 1. The Morgan fingerprint density at radius 1 is 1.35 bits per heavy atom. The summed E-state index contributed by atoms with van der Waals surface area (Å²) in [7, 11) is 1.83. The van der Waals surface area contributed by atoms with Gasteiger partial charge in [-0.15, -0.1) is 0 Å². The molecule has 3 heterocycles. The number of rotatable bonds is 3. The molecule has 120 valence electrons. The fourth-order valence-corrected chi connectivity index (χ4v) is 4.27. The molecule has 1 N–H and O–H groups in total. The zero-order chi connectivity index (χ0) is 16.1. The van der Waals surface area contributed by atoms with Crippen molar-refractivity contribution in [3.63, 3.8) is 0 Å². The van der Waals surface area contributed by atoms with E-state index in [9.17, 15) is 4.39 Å². The van der Waals surface area contributed by atoms with Crippen LogP contribution >= 0.6 is 11.9 Å². The number of fused-ring (bicyclic) bond motifs is 1. The molecule has 1 aliphatic rings. The lowest BCUT2D eigenvalue weighted by Gasteiger charge is -2.35. The Hall–Kier alpha value is -1.86. The van der Waals surface area contributed by atoms with Crippen LogP contribution in [0.15, 0.2) is 23.5 Å². The van der Waals surface area contributed by atoms with Crippen molar-refractivity contribution >= 4 is 22.9 Å². The number of aromatic nitrogens is 4. The number of H-pyrrole nitrogens is 1. The van der Waals surface area contributed by atoms with Gasteiger partial charge in [0, 0.05) is 31.1 Å². The van der Waals surface area contributed by atoms with Crippen LogP contribution in [0.5, 0.6) is 0 Å². The summed E-state index contributed by atoms with van der Waals surface area (Å²) >= 11 is 1.65. The number of aryl methyl sites for hydroxylation is 2. The van der Waals surface area contributed by atoms with Crippen LogP contribution in [-0.2, 0) is 7.05 Å². The Balaban J connectivity index is 1.80. The molecule has 0 unspecified atom stereocenters. The van der Waals surface area contributed by atoms with Gasteiger partial charge < -0.3 is 4.98 Å². The quantitative estimate of drug-likeness (QED) is 0.748. The number of benzene rings is 1. The molecule has 7 heteroatoms. The lowest BCUT2D eigenvalue weighted by Crippen LogP contribution is -2.39. The lowest BCUT2D eigenvalue weighted by atomic mass is 10.0. The first-order chi connectivity index (χ1) is 11.0. The summed E-state index contributed by atoms with van der Waals surface area (Å²) in [5.41, 5.74) is 2.26. The van der Waals surface area contributed by atoms with E-state index < -0.39 is 0 Å². The molecule has 5 nitrogen and oxygen atoms in total. The molecule has 23 heavy (non-hydrogen) atoms. The summed E-state index contributed by atoms with van der Waals surface area (Å²) < 4.78 is 18.3. The van der Waals surface area contributed by atoms with Crippen LogP contribution in [0, 0.1) is 18.7 Å². The zero-order valence-electron chi connectivity index (χ0n) is 13.3. The van der Waals surface area contributed by atoms with E-state index in [4.69, 9.17) is 0 Å². The minimum atomic E-state index is -0.235. The van der Waals surface area contributed by atoms with E-state index in [1.54, 1.807) is 29.0 Å². The van der Waals surface area contributed by atoms with Crippen LogP contribution in [0.2, 0.25) is 0 Å². The summed E-state index contributed by atoms with van der Waals surface area (Å²) in [6, 6.07) is 3.55. The van der Waals surface area contributed by atoms with Crippen molar-refractivity contribution in [2.24, 2.45) is 13.0 Å². The van der Waals surface area contributed by atoms with Crippen LogP contribution in [0.1, 0.15) is 12.5 Å². The molecule has 1 saturated heterocycles. The smallest absolute Gasteiger partial charge is 0.182 e. The second-order valence-corrected chi connectivity index (χ2v) is 7.40. The van der Waals surface area contributed by atoms with E-state index in [-0.39, 0.29) is 5.82 Å². The van der Waals surface area contributed by atoms with Crippen molar-refractivity contribution in [1.82, 2.24) is 24.1 Å². The molecule has 1 fully saturated rings. The van der Waals surface area contributed by atoms with Gasteiger partial charge in [-0.25, -0.2) is 13.7 Å². The number of nitrogens with zero attached hydrogens (tertiary/aromatic N) is 4. The first-order valence-corrected chi connectivity index (χ1v) is 8.39. The minimum Gasteiger partial charge on any atom is -0.346 e. The third kappa shape index (κ3) is 2.53. The maximum absolute atomic E-state index is 14.4. The minimum absolute atomic E-state index is 0.235. The Morgan fingerprint density at radius 2 is 2.13 bits per heavy atom. The van der Waals surface area contributed by atoms with Gasteiger partial charge in [0.05, 0.1) is 10.5 Å². The fraction of sp³-hybridized carbons (Fsp3) is 0.375. The molecule has 3 aromatic rings. The highest BCUT2D eigenvalue weighted by Crippen LogP contribution is 2.37. The average molecular weight is 331 g/mol. The molecule has 1 aromatic carbocycles. The highest BCUT2D eigenvalue weighted by Gasteiger charge is 2.25. The molecule has 0 bridgehead atoms. The van der Waals surface area contributed by atoms with Gasteiger partial charge in [0.25, 0.3) is 0 Å². The van der Waals surface area contributed by atoms with Crippen LogP contribution in [0.3, 0.4) is 0 Å². The van der Waals surface area contributed by atoms with Crippen molar-refractivity contribution in [1.29, 1.82) is 0 Å². The topological polar surface area (TPSA) is 49.7 Å². The monoisotopic (exact) mass is 331 g/mol. The summed E-state index contributed by atoms with van der Waals surface area (Å²) in [6.45, 7) is 6.26. The SMILES string of the molecule is Cc1cc(F)c2[nH]c(SN3CC(C)C3)cc2c1-c1ncn(C)n1. The largest absolute Gasteiger partial charge is 0.346 e. The Bertz CT molecular complexity index is 878. The van der Waals surface area contributed by atoms with Crippen LogP contribution < -0.4 is 0 Å². The van der Waals surface area contributed by atoms with Gasteiger partial charge in [-0.3, -0.25) is 4.68 Å². The maximum Gasteiger partial charge on any atom is 0.182 e. The van der Waals surface area contributed by atoms with Gasteiger partial charge in [0.2, 0.25) is 0 Å². The number of hydrogen-bond acceptors (Lipinski definition) is 4. The summed E-state index contributed by atoms with van der Waals surface area (Å²) in [5.74, 6) is 1.13. The van der Waals surface area contributed by atoms with Crippen molar-refractivity contribution in [3.8, 4) is 11.4 Å². The molecule has 0 amide bonds. The van der Waals surface area contributed by atoms with Crippen LogP contribution in [0.4, 0.5) is 4.39 Å². The van der Waals surface area contributed by atoms with Gasteiger partial charge in [-0.1, -0.05) is 6.92 Å². The van der Waals surface area contributed by atoms with E-state index in [1.807, 2.05) is 20.0 Å². The lowest BCUT2D eigenvalue weighted by molar-refractivity contribution is 0.239. The second-order valence-electron chi connectivity index (χ2n) is 6.26. The van der Waals surface area contributed by atoms with Gasteiger partial charge in [0.1, 0.15) is 12.1 Å². The molecular formula is C16H18FN5S. The highest BCUT2D eigenvalue weighted by atomic mass is 32.2. The fourth-order valence-electron chi connectivity index (χ4n) is 3.02. The standard InChI is InChI=1S/C16H18FN5S/c1-9-6-22(7-9)23-13-5-11-14(16-18-8-21(3)20-16)10(2)4-12(17)15(11)19-13/h4-5,8-9,19H,6-7H2,1-3H3. The average Bonchev–Trinajstić information content (AvgIpc) is 3.04. The summed E-state index contributed by atoms with van der Waals surface area (Å²) in [4.78, 5) is 7.54. The summed E-state index contributed by atoms with van der Waals surface area (Å²) in [5, 5.41) is 6.17. The second kappa shape index (κ2) is 5.35. The molecule has 4 rings (SSSR count). The van der Waals surface area contributed by atoms with E-state index in [0.717, 1.165) is 40.5 Å². The number of nitrogens with one attached hydrogen (secondary N) is 1. The maximum atomic E-state index is 14.4. The van der Waals surface area contributed by atoms with E-state index in [1.165, 1.54) is 0 Å². The third-order valence-electron chi connectivity index (χ3n) is 4.12. The predicted octanol–water partition coefficient (Wildman–Crippen LogP) is 3.37. The molecule has 0 saturated carbocycles. The van der Waals surface area contributed by atoms with Crippen LogP contribution in [0.25, 0.3) is 22.3 Å². The van der Waals surface area contributed by atoms with Crippen molar-refractivity contribution in [3.05, 3.63) is 29.8 Å². The molecule has 0 aliphatic carbocycles. The first kappa shape index (κ1) is 14.7. The van der Waals surface area contributed by atoms with Crippen molar-refractivity contribution in [2.45, 2.75) is 18.9 Å². The third-order valence-corrected chi connectivity index (χ3v) is 5.09. The van der Waals surface area contributed by atoms with E-state index >= 15 is 0 Å². The molecule has 0 atom stereocenters.